The summed E-state index contributed by atoms with van der Waals surface area (Å²) in [6.45, 7) is 0. The molecule has 0 aliphatic heterocycles. The molecular weight excluding hydrogens is 172 g/mol. The maximum atomic E-state index is 10.1. The van der Waals surface area contributed by atoms with Gasteiger partial charge in [-0.25, -0.2) is 0 Å². The van der Waals surface area contributed by atoms with Crippen LogP contribution in [-0.4, -0.2) is 28.5 Å². The van der Waals surface area contributed by atoms with Crippen molar-refractivity contribution < 1.29 is 9.90 Å². The Kier molecular flexibility index (Phi) is 5.93. The lowest BCUT2D eigenvalue weighted by Crippen LogP contribution is -2.07. The second-order valence-corrected chi connectivity index (χ2v) is 3.58. The Balaban J connectivity index is 3.25. The largest absolute Gasteiger partial charge is 0.481 e. The lowest BCUT2D eigenvalue weighted by atomic mass is 10.2. The monoisotopic (exact) mass is 182 g/mol. The van der Waals surface area contributed by atoms with Gasteiger partial charge >= 0.3 is 5.97 Å². The van der Waals surface area contributed by atoms with E-state index in [1.165, 1.54) is 0 Å². The molecule has 1 atom stereocenters. The first-order valence-electron chi connectivity index (χ1n) is 3.01. The van der Waals surface area contributed by atoms with Gasteiger partial charge in [0.25, 0.3) is 0 Å². The van der Waals surface area contributed by atoms with E-state index in [2.05, 4.69) is 0 Å². The molecule has 0 saturated heterocycles. The summed E-state index contributed by atoms with van der Waals surface area (Å²) in [7, 11) is 0. The van der Waals surface area contributed by atoms with Crippen LogP contribution < -0.4 is 0 Å². The first kappa shape index (κ1) is 10.1. The molecule has 0 aliphatic carbocycles. The Morgan fingerprint density at radius 3 is 2.80 bits per heavy atom. The van der Waals surface area contributed by atoms with Crippen molar-refractivity contribution in [2.24, 2.45) is 0 Å². The molecule has 4 heteroatoms. The molecule has 0 rings (SSSR count). The molecule has 0 amide bonds. The van der Waals surface area contributed by atoms with Crippen LogP contribution in [0.4, 0.5) is 0 Å². The predicted octanol–water partition coefficient (Wildman–Crippen LogP) is 1.82. The predicted molar refractivity (Wildman–Crippen MR) is 44.9 cm³/mol. The number of aliphatic carboxylic acids is 1. The molecule has 0 radical (unpaired) electrons. The Morgan fingerprint density at radius 2 is 2.40 bits per heavy atom. The van der Waals surface area contributed by atoms with Gasteiger partial charge in [-0.05, 0) is 18.4 Å². The van der Waals surface area contributed by atoms with Crippen LogP contribution in [0.25, 0.3) is 0 Å². The van der Waals surface area contributed by atoms with E-state index < -0.39 is 5.97 Å². The molecule has 0 saturated carbocycles. The molecule has 0 heterocycles. The summed E-state index contributed by atoms with van der Waals surface area (Å²) in [5, 5.41) is 8.09. The minimum atomic E-state index is -0.818. The van der Waals surface area contributed by atoms with Crippen molar-refractivity contribution >= 4 is 29.3 Å². The third-order valence-corrected chi connectivity index (χ3v) is 2.05. The van der Waals surface area contributed by atoms with Crippen LogP contribution in [0, 0.1) is 0 Å². The van der Waals surface area contributed by atoms with Crippen molar-refractivity contribution in [3.05, 3.63) is 0 Å². The Morgan fingerprint density at radius 1 is 1.80 bits per heavy atom. The van der Waals surface area contributed by atoms with Crippen LogP contribution in [-0.2, 0) is 4.79 Å². The van der Waals surface area contributed by atoms with Gasteiger partial charge in [-0.15, -0.1) is 11.6 Å². The maximum absolute atomic E-state index is 10.1. The summed E-state index contributed by atoms with van der Waals surface area (Å²) in [6, 6.07) is 0. The van der Waals surface area contributed by atoms with Gasteiger partial charge < -0.3 is 5.11 Å². The molecule has 0 aliphatic rings. The maximum Gasteiger partial charge on any atom is 0.304 e. The average molecular weight is 183 g/mol. The van der Waals surface area contributed by atoms with Crippen molar-refractivity contribution in [2.75, 3.05) is 12.0 Å². The van der Waals surface area contributed by atoms with E-state index in [9.17, 15) is 4.79 Å². The fraction of sp³-hybridized carbons (Fsp3) is 0.833. The minimum absolute atomic E-state index is 0.0715. The van der Waals surface area contributed by atoms with Gasteiger partial charge in [-0.2, -0.15) is 11.8 Å². The third-order valence-electron chi connectivity index (χ3n) is 1.03. The second-order valence-electron chi connectivity index (χ2n) is 1.98. The molecule has 0 bridgehead atoms. The van der Waals surface area contributed by atoms with Gasteiger partial charge in [0.1, 0.15) is 0 Å². The number of alkyl halides is 1. The van der Waals surface area contributed by atoms with Crippen LogP contribution in [0.3, 0.4) is 0 Å². The number of halogens is 1. The average Bonchev–Trinajstić information content (AvgIpc) is 1.82. The van der Waals surface area contributed by atoms with E-state index >= 15 is 0 Å². The standard InChI is InChI=1S/C6H11ClO2S/c1-10-3-2-5(7)4-6(8)9/h5H,2-4H2,1H3,(H,8,9). The molecule has 0 aromatic carbocycles. The number of hydrogen-bond acceptors (Lipinski definition) is 2. The van der Waals surface area contributed by atoms with E-state index in [1.807, 2.05) is 6.26 Å². The third kappa shape index (κ3) is 6.23. The van der Waals surface area contributed by atoms with Gasteiger partial charge in [0, 0.05) is 5.38 Å². The Labute approximate surface area is 69.9 Å². The molecule has 0 aromatic heterocycles. The minimum Gasteiger partial charge on any atom is -0.481 e. The van der Waals surface area contributed by atoms with Crippen molar-refractivity contribution in [2.45, 2.75) is 18.2 Å². The van der Waals surface area contributed by atoms with Gasteiger partial charge in [0.05, 0.1) is 6.42 Å². The van der Waals surface area contributed by atoms with Crippen molar-refractivity contribution in [1.29, 1.82) is 0 Å². The van der Waals surface area contributed by atoms with E-state index in [0.717, 1.165) is 12.2 Å². The fourth-order valence-electron chi connectivity index (χ4n) is 0.537. The summed E-state index contributed by atoms with van der Waals surface area (Å²) in [4.78, 5) is 10.1. The summed E-state index contributed by atoms with van der Waals surface area (Å²) in [5.74, 6) is 0.114. The van der Waals surface area contributed by atoms with Gasteiger partial charge in [0.15, 0.2) is 0 Å². The normalized spacial score (nSPS) is 13.0. The lowest BCUT2D eigenvalue weighted by Gasteiger charge is -2.03. The highest BCUT2D eigenvalue weighted by atomic mass is 35.5. The molecule has 2 nitrogen and oxygen atoms in total. The molecule has 0 fully saturated rings. The fourth-order valence-corrected chi connectivity index (χ4v) is 1.43. The number of rotatable bonds is 5. The molecule has 0 spiro atoms. The van der Waals surface area contributed by atoms with Gasteiger partial charge in [0.2, 0.25) is 0 Å². The highest BCUT2D eigenvalue weighted by Crippen LogP contribution is 2.10. The van der Waals surface area contributed by atoms with E-state index in [0.29, 0.717) is 0 Å². The molecule has 1 unspecified atom stereocenters. The summed E-state index contributed by atoms with van der Waals surface area (Å²) < 4.78 is 0. The zero-order valence-corrected chi connectivity index (χ0v) is 7.41. The first-order valence-corrected chi connectivity index (χ1v) is 4.84. The quantitative estimate of drug-likeness (QED) is 0.660. The molecule has 1 N–H and O–H groups in total. The zero-order valence-electron chi connectivity index (χ0n) is 5.84. The Hall–Kier alpha value is 0.110. The number of hydrogen-bond donors (Lipinski definition) is 1. The summed E-state index contributed by atoms with van der Waals surface area (Å²) in [5.41, 5.74) is 0. The second kappa shape index (κ2) is 5.86. The smallest absolute Gasteiger partial charge is 0.304 e. The van der Waals surface area contributed by atoms with E-state index in [1.54, 1.807) is 11.8 Å². The summed E-state index contributed by atoms with van der Waals surface area (Å²) in [6.07, 6.45) is 2.82. The van der Waals surface area contributed by atoms with E-state index in [-0.39, 0.29) is 11.8 Å². The lowest BCUT2D eigenvalue weighted by molar-refractivity contribution is -0.137. The molecule has 10 heavy (non-hydrogen) atoms. The van der Waals surface area contributed by atoms with Crippen molar-refractivity contribution in [3.63, 3.8) is 0 Å². The van der Waals surface area contributed by atoms with Gasteiger partial charge in [-0.3, -0.25) is 4.79 Å². The van der Waals surface area contributed by atoms with Crippen LogP contribution >= 0.6 is 23.4 Å². The van der Waals surface area contributed by atoms with Crippen LogP contribution in [0.15, 0.2) is 0 Å². The molecular formula is C6H11ClO2S. The van der Waals surface area contributed by atoms with Crippen LogP contribution in [0.5, 0.6) is 0 Å². The topological polar surface area (TPSA) is 37.3 Å². The highest BCUT2D eigenvalue weighted by Gasteiger charge is 2.08. The SMILES string of the molecule is CSCCC(Cl)CC(=O)O. The zero-order chi connectivity index (χ0) is 7.98. The molecule has 60 valence electrons. The van der Waals surface area contributed by atoms with Crippen molar-refractivity contribution in [3.8, 4) is 0 Å². The summed E-state index contributed by atoms with van der Waals surface area (Å²) >= 11 is 7.34. The van der Waals surface area contributed by atoms with Crippen LogP contribution in [0.2, 0.25) is 0 Å². The van der Waals surface area contributed by atoms with Gasteiger partial charge in [-0.1, -0.05) is 0 Å². The first-order chi connectivity index (χ1) is 4.66. The highest BCUT2D eigenvalue weighted by molar-refractivity contribution is 7.98. The van der Waals surface area contributed by atoms with Crippen molar-refractivity contribution in [1.82, 2.24) is 0 Å². The number of carbonyl (C=O) groups is 1. The number of carboxylic acids is 1. The van der Waals surface area contributed by atoms with E-state index in [4.69, 9.17) is 16.7 Å². The van der Waals surface area contributed by atoms with Crippen LogP contribution in [0.1, 0.15) is 12.8 Å². The number of thioether (sulfide) groups is 1. The Bertz CT molecular complexity index is 108. The number of carboxylic acid groups (broad SMARTS) is 1. The molecule has 0 aromatic rings.